The van der Waals surface area contributed by atoms with Crippen LogP contribution in [0.1, 0.15) is 29.8 Å². The highest BCUT2D eigenvalue weighted by molar-refractivity contribution is 14.1. The molecule has 1 N–H and O–H groups in total. The van der Waals surface area contributed by atoms with E-state index >= 15 is 0 Å². The molecule has 0 radical (unpaired) electrons. The summed E-state index contributed by atoms with van der Waals surface area (Å²) in [5.74, 6) is -0.963. The van der Waals surface area contributed by atoms with Gasteiger partial charge in [-0.3, -0.25) is 4.79 Å². The van der Waals surface area contributed by atoms with Crippen molar-refractivity contribution >= 4 is 52.1 Å². The number of nitrogens with one attached hydrogen (secondary N) is 1. The molecular weight excluding hydrogens is 453 g/mol. The Hall–Kier alpha value is -1.86. The van der Waals surface area contributed by atoms with Gasteiger partial charge in [0.2, 0.25) is 0 Å². The number of hydrogen-bond donors (Lipinski definition) is 1. The maximum absolute atomic E-state index is 12.5. The van der Waals surface area contributed by atoms with Crippen LogP contribution in [0, 0.1) is 3.57 Å². The highest BCUT2D eigenvalue weighted by Gasteiger charge is 2.18. The van der Waals surface area contributed by atoms with E-state index in [-0.39, 0.29) is 17.7 Å². The van der Waals surface area contributed by atoms with E-state index in [2.05, 4.69) is 27.9 Å². The minimum Gasteiger partial charge on any atom is -0.458 e. The predicted molar refractivity (Wildman–Crippen MR) is 107 cm³/mol. The zero-order valence-corrected chi connectivity index (χ0v) is 16.7. The van der Waals surface area contributed by atoms with Gasteiger partial charge in [-0.05, 0) is 72.3 Å². The van der Waals surface area contributed by atoms with Crippen molar-refractivity contribution in [3.63, 3.8) is 0 Å². The van der Waals surface area contributed by atoms with Gasteiger partial charge in [-0.25, -0.2) is 4.79 Å². The number of rotatable bonds is 5. The van der Waals surface area contributed by atoms with Crippen molar-refractivity contribution in [2.24, 2.45) is 0 Å². The van der Waals surface area contributed by atoms with Crippen molar-refractivity contribution in [2.45, 2.75) is 20.0 Å². The molecule has 0 saturated carbocycles. The molecule has 0 aliphatic carbocycles. The van der Waals surface area contributed by atoms with Crippen LogP contribution in [0.5, 0.6) is 0 Å². The molecule has 2 rings (SSSR count). The Bertz CT molecular complexity index is 801. The molecule has 0 aliphatic rings. The van der Waals surface area contributed by atoms with E-state index < -0.39 is 5.97 Å². The highest BCUT2D eigenvalue weighted by Crippen LogP contribution is 2.15. The molecule has 0 atom stereocenters. The second-order valence-electron chi connectivity index (χ2n) is 5.50. The van der Waals surface area contributed by atoms with E-state index in [1.807, 2.05) is 12.1 Å². The van der Waals surface area contributed by atoms with E-state index in [1.165, 1.54) is 0 Å². The quantitative estimate of drug-likeness (QED) is 0.393. The smallest absolute Gasteiger partial charge is 0.355 e. The molecule has 6 heteroatoms. The minimum absolute atomic E-state index is 0.0701. The molecule has 0 bridgehead atoms. The molecule has 2 aromatic carbocycles. The number of ether oxygens (including phenoxy) is 1. The van der Waals surface area contributed by atoms with Crippen LogP contribution in [0.2, 0.25) is 5.02 Å². The molecule has 0 unspecified atom stereocenters. The van der Waals surface area contributed by atoms with Crippen LogP contribution in [-0.4, -0.2) is 18.0 Å². The molecule has 0 spiro atoms. The fourth-order valence-corrected chi connectivity index (χ4v) is 2.74. The summed E-state index contributed by atoms with van der Waals surface area (Å²) < 4.78 is 6.02. The second-order valence-corrected chi connectivity index (χ2v) is 7.10. The average Bonchev–Trinajstić information content (AvgIpc) is 2.56. The second kappa shape index (κ2) is 9.01. The number of benzene rings is 2. The lowest BCUT2D eigenvalue weighted by Gasteiger charge is -2.13. The van der Waals surface area contributed by atoms with Crippen LogP contribution >= 0.6 is 34.2 Å². The van der Waals surface area contributed by atoms with Gasteiger partial charge < -0.3 is 10.1 Å². The van der Waals surface area contributed by atoms with Crippen LogP contribution in [0.25, 0.3) is 6.08 Å². The first-order valence-electron chi connectivity index (χ1n) is 7.61. The summed E-state index contributed by atoms with van der Waals surface area (Å²) >= 11 is 7.95. The van der Waals surface area contributed by atoms with Crippen molar-refractivity contribution in [2.75, 3.05) is 0 Å². The van der Waals surface area contributed by atoms with E-state index in [0.717, 1.165) is 9.13 Å². The molecular formula is C19H17ClINO3. The molecule has 4 nitrogen and oxygen atoms in total. The van der Waals surface area contributed by atoms with E-state index in [4.69, 9.17) is 16.3 Å². The van der Waals surface area contributed by atoms with E-state index in [1.54, 1.807) is 56.3 Å². The molecule has 130 valence electrons. The Labute approximate surface area is 165 Å². The highest BCUT2D eigenvalue weighted by atomic mass is 127. The first-order chi connectivity index (χ1) is 11.9. The number of carbonyl (C=O) groups excluding carboxylic acids is 2. The third-order valence-electron chi connectivity index (χ3n) is 3.11. The van der Waals surface area contributed by atoms with Crippen molar-refractivity contribution in [1.82, 2.24) is 5.32 Å². The summed E-state index contributed by atoms with van der Waals surface area (Å²) in [6.07, 6.45) is 1.27. The Morgan fingerprint density at radius 1 is 1.12 bits per heavy atom. The lowest BCUT2D eigenvalue weighted by atomic mass is 10.1. The molecule has 0 fully saturated rings. The summed E-state index contributed by atoms with van der Waals surface area (Å²) in [7, 11) is 0. The minimum atomic E-state index is -0.593. The van der Waals surface area contributed by atoms with Gasteiger partial charge in [0, 0.05) is 8.59 Å². The summed E-state index contributed by atoms with van der Waals surface area (Å²) in [6.45, 7) is 3.50. The number of hydrogen-bond acceptors (Lipinski definition) is 3. The topological polar surface area (TPSA) is 55.4 Å². The van der Waals surface area contributed by atoms with Crippen LogP contribution in [0.4, 0.5) is 0 Å². The van der Waals surface area contributed by atoms with Crippen LogP contribution in [0.15, 0.2) is 54.2 Å². The lowest BCUT2D eigenvalue weighted by Crippen LogP contribution is -2.30. The van der Waals surface area contributed by atoms with E-state index in [9.17, 15) is 9.59 Å². The number of carbonyl (C=O) groups is 2. The zero-order chi connectivity index (χ0) is 18.4. The third kappa shape index (κ3) is 5.86. The van der Waals surface area contributed by atoms with Crippen LogP contribution < -0.4 is 5.32 Å². The lowest BCUT2D eigenvalue weighted by molar-refractivity contribution is -0.142. The van der Waals surface area contributed by atoms with Crippen LogP contribution in [0.3, 0.4) is 0 Å². The van der Waals surface area contributed by atoms with Crippen molar-refractivity contribution in [3.8, 4) is 0 Å². The summed E-state index contributed by atoms with van der Waals surface area (Å²) in [6, 6.07) is 14.1. The molecule has 1 amide bonds. The SMILES string of the molecule is CC(C)OC(=O)/C(=C/c1ccc(Cl)cc1)NC(=O)c1ccccc1I. The molecule has 2 aromatic rings. The van der Waals surface area contributed by atoms with Crippen molar-refractivity contribution < 1.29 is 14.3 Å². The Kier molecular flexibility index (Phi) is 7.01. The Morgan fingerprint density at radius 3 is 2.36 bits per heavy atom. The van der Waals surface area contributed by atoms with Gasteiger partial charge in [-0.15, -0.1) is 0 Å². The predicted octanol–water partition coefficient (Wildman–Crippen LogP) is 4.67. The summed E-state index contributed by atoms with van der Waals surface area (Å²) in [4.78, 5) is 24.9. The Morgan fingerprint density at radius 2 is 1.76 bits per heavy atom. The van der Waals surface area contributed by atoms with Crippen molar-refractivity contribution in [3.05, 3.63) is 73.9 Å². The number of esters is 1. The van der Waals surface area contributed by atoms with E-state index in [0.29, 0.717) is 10.6 Å². The largest absolute Gasteiger partial charge is 0.458 e. The maximum Gasteiger partial charge on any atom is 0.355 e. The molecule has 0 saturated heterocycles. The maximum atomic E-state index is 12.5. The van der Waals surface area contributed by atoms with Gasteiger partial charge in [0.1, 0.15) is 5.70 Å². The average molecular weight is 470 g/mol. The number of amides is 1. The van der Waals surface area contributed by atoms with Gasteiger partial charge >= 0.3 is 5.97 Å². The normalized spacial score (nSPS) is 11.3. The standard InChI is InChI=1S/C19H17ClINO3/c1-12(2)25-19(24)17(11-13-7-9-14(20)10-8-13)22-18(23)15-5-3-4-6-16(15)21/h3-12H,1-2H3,(H,22,23)/b17-11-. The first kappa shape index (κ1) is 19.5. The van der Waals surface area contributed by atoms with Gasteiger partial charge in [0.25, 0.3) is 5.91 Å². The van der Waals surface area contributed by atoms with Gasteiger partial charge in [-0.1, -0.05) is 35.9 Å². The van der Waals surface area contributed by atoms with Gasteiger partial charge in [0.05, 0.1) is 11.7 Å². The molecule has 0 aliphatic heterocycles. The molecule has 0 heterocycles. The number of halogens is 2. The summed E-state index contributed by atoms with van der Waals surface area (Å²) in [5.41, 5.74) is 1.28. The molecule has 25 heavy (non-hydrogen) atoms. The Balaban J connectivity index is 2.31. The van der Waals surface area contributed by atoms with Crippen molar-refractivity contribution in [1.29, 1.82) is 0 Å². The van der Waals surface area contributed by atoms with Gasteiger partial charge in [-0.2, -0.15) is 0 Å². The fraction of sp³-hybridized carbons (Fsp3) is 0.158. The monoisotopic (exact) mass is 469 g/mol. The zero-order valence-electron chi connectivity index (χ0n) is 13.8. The first-order valence-corrected chi connectivity index (χ1v) is 9.06. The van der Waals surface area contributed by atoms with Gasteiger partial charge in [0.15, 0.2) is 0 Å². The fourth-order valence-electron chi connectivity index (χ4n) is 1.98. The summed E-state index contributed by atoms with van der Waals surface area (Å²) in [5, 5.41) is 3.24. The van der Waals surface area contributed by atoms with Crippen LogP contribution in [-0.2, 0) is 9.53 Å². The third-order valence-corrected chi connectivity index (χ3v) is 4.30. The molecule has 0 aromatic heterocycles.